The minimum Gasteiger partial charge on any atom is -0.492 e. The predicted octanol–water partition coefficient (Wildman–Crippen LogP) is 3.57. The molecule has 1 heterocycles. The second-order valence-electron chi connectivity index (χ2n) is 4.84. The number of hydrogen-bond donors (Lipinski definition) is 1. The SMILES string of the molecule is CCOc1cccc2c1nc(N)n2-c1ccccc1CC. The van der Waals surface area contributed by atoms with Crippen LogP contribution in [-0.2, 0) is 6.42 Å². The minimum atomic E-state index is 0.484. The number of aryl methyl sites for hydroxylation is 1. The van der Waals surface area contributed by atoms with Crippen LogP contribution >= 0.6 is 0 Å². The van der Waals surface area contributed by atoms with Crippen molar-refractivity contribution >= 4 is 17.0 Å². The third-order valence-electron chi connectivity index (χ3n) is 3.59. The van der Waals surface area contributed by atoms with Gasteiger partial charge in [0.05, 0.1) is 17.8 Å². The van der Waals surface area contributed by atoms with Crippen molar-refractivity contribution in [2.75, 3.05) is 12.3 Å². The molecule has 0 atom stereocenters. The van der Waals surface area contributed by atoms with Crippen LogP contribution in [0.2, 0.25) is 0 Å². The third-order valence-corrected chi connectivity index (χ3v) is 3.59. The first-order valence-corrected chi connectivity index (χ1v) is 7.24. The quantitative estimate of drug-likeness (QED) is 0.795. The van der Waals surface area contributed by atoms with Crippen LogP contribution in [0.15, 0.2) is 42.5 Å². The summed E-state index contributed by atoms with van der Waals surface area (Å²) < 4.78 is 7.65. The number of nitrogens with two attached hydrogens (primary N) is 1. The fraction of sp³-hybridized carbons (Fsp3) is 0.235. The van der Waals surface area contributed by atoms with Gasteiger partial charge in [0, 0.05) is 0 Å². The maximum Gasteiger partial charge on any atom is 0.206 e. The molecule has 0 spiro atoms. The average Bonchev–Trinajstić information content (AvgIpc) is 2.84. The molecule has 2 N–H and O–H groups in total. The summed E-state index contributed by atoms with van der Waals surface area (Å²) in [5.41, 5.74) is 10.3. The monoisotopic (exact) mass is 281 g/mol. The molecule has 0 fully saturated rings. The molecule has 0 aliphatic rings. The summed E-state index contributed by atoms with van der Waals surface area (Å²) in [6.45, 7) is 4.71. The van der Waals surface area contributed by atoms with Crippen LogP contribution in [0.5, 0.6) is 5.75 Å². The first-order valence-electron chi connectivity index (χ1n) is 7.24. The number of para-hydroxylation sites is 2. The summed E-state index contributed by atoms with van der Waals surface area (Å²) in [5.74, 6) is 1.26. The molecule has 2 aromatic carbocycles. The lowest BCUT2D eigenvalue weighted by atomic mass is 10.1. The highest BCUT2D eigenvalue weighted by atomic mass is 16.5. The Kier molecular flexibility index (Phi) is 3.52. The van der Waals surface area contributed by atoms with Crippen molar-refractivity contribution in [3.63, 3.8) is 0 Å². The van der Waals surface area contributed by atoms with Crippen molar-refractivity contribution in [1.29, 1.82) is 0 Å². The molecule has 3 rings (SSSR count). The second kappa shape index (κ2) is 5.48. The minimum absolute atomic E-state index is 0.484. The molecule has 3 aromatic rings. The Bertz CT molecular complexity index is 777. The molecule has 0 bridgehead atoms. The van der Waals surface area contributed by atoms with Crippen molar-refractivity contribution in [2.45, 2.75) is 20.3 Å². The molecular formula is C17H19N3O. The van der Waals surface area contributed by atoms with E-state index in [0.717, 1.165) is 28.9 Å². The summed E-state index contributed by atoms with van der Waals surface area (Å²) in [7, 11) is 0. The van der Waals surface area contributed by atoms with Gasteiger partial charge in [-0.3, -0.25) is 4.57 Å². The Morgan fingerprint density at radius 3 is 2.67 bits per heavy atom. The Balaban J connectivity index is 2.28. The van der Waals surface area contributed by atoms with Gasteiger partial charge < -0.3 is 10.5 Å². The summed E-state index contributed by atoms with van der Waals surface area (Å²) in [6, 6.07) is 14.2. The second-order valence-corrected chi connectivity index (χ2v) is 4.84. The summed E-state index contributed by atoms with van der Waals surface area (Å²) >= 11 is 0. The van der Waals surface area contributed by atoms with Crippen molar-refractivity contribution in [3.8, 4) is 11.4 Å². The molecule has 0 saturated heterocycles. The van der Waals surface area contributed by atoms with Crippen LogP contribution < -0.4 is 10.5 Å². The van der Waals surface area contributed by atoms with Crippen LogP contribution in [0.4, 0.5) is 5.95 Å². The van der Waals surface area contributed by atoms with Crippen LogP contribution in [0.1, 0.15) is 19.4 Å². The van der Waals surface area contributed by atoms with Gasteiger partial charge in [-0.1, -0.05) is 31.2 Å². The standard InChI is InChI=1S/C17H19N3O/c1-3-12-8-5-6-9-13(12)20-14-10-7-11-15(21-4-2)16(14)19-17(20)18/h5-11H,3-4H2,1-2H3,(H2,18,19). The smallest absolute Gasteiger partial charge is 0.206 e. The summed E-state index contributed by atoms with van der Waals surface area (Å²) in [4.78, 5) is 4.50. The Labute approximate surface area is 124 Å². The van der Waals surface area contributed by atoms with E-state index in [9.17, 15) is 0 Å². The molecule has 21 heavy (non-hydrogen) atoms. The molecule has 108 valence electrons. The molecule has 4 nitrogen and oxygen atoms in total. The van der Waals surface area contributed by atoms with Crippen LogP contribution in [0, 0.1) is 0 Å². The van der Waals surface area contributed by atoms with Crippen LogP contribution in [0.25, 0.3) is 16.7 Å². The van der Waals surface area contributed by atoms with E-state index in [1.54, 1.807) is 0 Å². The van der Waals surface area contributed by atoms with E-state index in [2.05, 4.69) is 24.0 Å². The van der Waals surface area contributed by atoms with E-state index in [1.807, 2.05) is 41.8 Å². The molecule has 1 aromatic heterocycles. The fourth-order valence-electron chi connectivity index (χ4n) is 2.64. The molecule has 0 saturated carbocycles. The molecule has 0 unspecified atom stereocenters. The van der Waals surface area contributed by atoms with Gasteiger partial charge in [-0.05, 0) is 37.1 Å². The molecule has 0 amide bonds. The van der Waals surface area contributed by atoms with Crippen LogP contribution in [-0.4, -0.2) is 16.2 Å². The predicted molar refractivity (Wildman–Crippen MR) is 86.0 cm³/mol. The first-order chi connectivity index (χ1) is 10.3. The fourth-order valence-corrected chi connectivity index (χ4v) is 2.64. The number of ether oxygens (including phenoxy) is 1. The van der Waals surface area contributed by atoms with Crippen molar-refractivity contribution in [1.82, 2.24) is 9.55 Å². The number of imidazole rings is 1. The zero-order valence-electron chi connectivity index (χ0n) is 12.3. The van der Waals surface area contributed by atoms with E-state index in [4.69, 9.17) is 10.5 Å². The molecule has 0 radical (unpaired) electrons. The first kappa shape index (κ1) is 13.5. The number of nitrogen functional groups attached to an aromatic ring is 1. The van der Waals surface area contributed by atoms with Crippen molar-refractivity contribution in [2.24, 2.45) is 0 Å². The van der Waals surface area contributed by atoms with Crippen LogP contribution in [0.3, 0.4) is 0 Å². The van der Waals surface area contributed by atoms with Gasteiger partial charge in [-0.15, -0.1) is 0 Å². The zero-order chi connectivity index (χ0) is 14.8. The van der Waals surface area contributed by atoms with Gasteiger partial charge >= 0.3 is 0 Å². The Morgan fingerprint density at radius 1 is 1.10 bits per heavy atom. The molecule has 0 aliphatic carbocycles. The Morgan fingerprint density at radius 2 is 1.90 bits per heavy atom. The van der Waals surface area contributed by atoms with Crippen molar-refractivity contribution < 1.29 is 4.74 Å². The number of benzene rings is 2. The van der Waals surface area contributed by atoms with Gasteiger partial charge in [-0.25, -0.2) is 4.98 Å². The van der Waals surface area contributed by atoms with E-state index < -0.39 is 0 Å². The third kappa shape index (κ3) is 2.23. The van der Waals surface area contributed by atoms with E-state index >= 15 is 0 Å². The Hall–Kier alpha value is -2.49. The van der Waals surface area contributed by atoms with Gasteiger partial charge in [0.25, 0.3) is 0 Å². The maximum absolute atomic E-state index is 6.17. The lowest BCUT2D eigenvalue weighted by Crippen LogP contribution is -2.03. The van der Waals surface area contributed by atoms with Gasteiger partial charge in [-0.2, -0.15) is 0 Å². The number of rotatable bonds is 4. The summed E-state index contributed by atoms with van der Waals surface area (Å²) in [6.07, 6.45) is 0.945. The number of anilines is 1. The maximum atomic E-state index is 6.17. The summed E-state index contributed by atoms with van der Waals surface area (Å²) in [5, 5.41) is 0. The van der Waals surface area contributed by atoms with Gasteiger partial charge in [0.2, 0.25) is 5.95 Å². The number of fused-ring (bicyclic) bond motifs is 1. The number of aromatic nitrogens is 2. The lowest BCUT2D eigenvalue weighted by Gasteiger charge is -2.11. The van der Waals surface area contributed by atoms with Gasteiger partial charge in [0.15, 0.2) is 0 Å². The highest BCUT2D eigenvalue weighted by Crippen LogP contribution is 2.30. The lowest BCUT2D eigenvalue weighted by molar-refractivity contribution is 0.344. The number of hydrogen-bond acceptors (Lipinski definition) is 3. The van der Waals surface area contributed by atoms with E-state index in [1.165, 1.54) is 5.56 Å². The topological polar surface area (TPSA) is 53.1 Å². The molecule has 0 aliphatic heterocycles. The van der Waals surface area contributed by atoms with Gasteiger partial charge in [0.1, 0.15) is 11.3 Å². The van der Waals surface area contributed by atoms with E-state index in [-0.39, 0.29) is 0 Å². The molecular weight excluding hydrogens is 262 g/mol. The normalized spacial score (nSPS) is 11.0. The van der Waals surface area contributed by atoms with E-state index in [0.29, 0.717) is 12.6 Å². The average molecular weight is 281 g/mol. The largest absolute Gasteiger partial charge is 0.492 e. The highest BCUT2D eigenvalue weighted by molar-refractivity contribution is 5.86. The molecule has 4 heteroatoms. The van der Waals surface area contributed by atoms with Crippen molar-refractivity contribution in [3.05, 3.63) is 48.0 Å². The highest BCUT2D eigenvalue weighted by Gasteiger charge is 2.15. The number of nitrogens with zero attached hydrogens (tertiary/aromatic N) is 2. The zero-order valence-corrected chi connectivity index (χ0v) is 12.3.